The third kappa shape index (κ3) is 2.98. The topological polar surface area (TPSA) is 16.1 Å². The number of aryl methyl sites for hydroxylation is 1. The minimum absolute atomic E-state index is 1.02. The first-order chi connectivity index (χ1) is 8.66. The van der Waals surface area contributed by atoms with Crippen LogP contribution in [0.1, 0.15) is 16.8 Å². The van der Waals surface area contributed by atoms with Crippen LogP contribution in [0.15, 0.2) is 42.6 Å². The molecule has 1 heterocycles. The molecule has 0 radical (unpaired) electrons. The van der Waals surface area contributed by atoms with Crippen molar-refractivity contribution >= 4 is 17.8 Å². The Morgan fingerprint density at radius 3 is 2.33 bits per heavy atom. The van der Waals surface area contributed by atoms with E-state index in [2.05, 4.69) is 59.3 Å². The number of rotatable bonds is 3. The van der Waals surface area contributed by atoms with Crippen molar-refractivity contribution in [3.05, 3.63) is 59.4 Å². The Bertz CT molecular complexity index is 539. The fraction of sp³-hybridized carbons (Fsp3) is 0.188. The van der Waals surface area contributed by atoms with Crippen molar-refractivity contribution in [1.29, 1.82) is 0 Å². The second-order valence-corrected chi connectivity index (χ2v) is 4.52. The van der Waals surface area contributed by atoms with Crippen LogP contribution >= 0.6 is 0 Å². The van der Waals surface area contributed by atoms with Gasteiger partial charge in [-0.15, -0.1) is 0 Å². The number of hydrogen-bond donors (Lipinski definition) is 0. The van der Waals surface area contributed by atoms with E-state index < -0.39 is 0 Å². The first-order valence-electron chi connectivity index (χ1n) is 6.04. The van der Waals surface area contributed by atoms with Gasteiger partial charge in [-0.2, -0.15) is 0 Å². The molecule has 18 heavy (non-hydrogen) atoms. The van der Waals surface area contributed by atoms with Crippen LogP contribution in [0.4, 0.5) is 5.69 Å². The molecule has 1 aromatic carbocycles. The molecule has 92 valence electrons. The molecule has 0 saturated carbocycles. The van der Waals surface area contributed by atoms with Gasteiger partial charge in [-0.05, 0) is 42.3 Å². The number of aromatic nitrogens is 1. The Morgan fingerprint density at radius 2 is 1.72 bits per heavy atom. The van der Waals surface area contributed by atoms with Crippen molar-refractivity contribution in [3.8, 4) is 0 Å². The Kier molecular flexibility index (Phi) is 3.78. The number of benzene rings is 1. The molecule has 2 heteroatoms. The molecule has 0 atom stereocenters. The van der Waals surface area contributed by atoms with Gasteiger partial charge >= 0.3 is 0 Å². The predicted octanol–water partition coefficient (Wildman–Crippen LogP) is 3.63. The van der Waals surface area contributed by atoms with E-state index in [1.807, 2.05) is 26.4 Å². The van der Waals surface area contributed by atoms with E-state index in [-0.39, 0.29) is 0 Å². The number of nitrogens with zero attached hydrogens (tertiary/aromatic N) is 2. The molecule has 0 fully saturated rings. The Hall–Kier alpha value is -2.09. The van der Waals surface area contributed by atoms with E-state index in [1.54, 1.807) is 0 Å². The molecule has 0 saturated heterocycles. The summed E-state index contributed by atoms with van der Waals surface area (Å²) in [6.07, 6.45) is 5.97. The lowest BCUT2D eigenvalue weighted by molar-refractivity contribution is 1.13. The maximum absolute atomic E-state index is 4.34. The summed E-state index contributed by atoms with van der Waals surface area (Å²) in [6.45, 7) is 2.07. The normalized spacial score (nSPS) is 10.8. The molecule has 0 aliphatic heterocycles. The molecule has 0 unspecified atom stereocenters. The Labute approximate surface area is 109 Å². The summed E-state index contributed by atoms with van der Waals surface area (Å²) < 4.78 is 0. The molecule has 0 aliphatic rings. The fourth-order valence-electron chi connectivity index (χ4n) is 1.73. The molecule has 0 spiro atoms. The van der Waals surface area contributed by atoms with E-state index in [1.165, 1.54) is 16.8 Å². The van der Waals surface area contributed by atoms with Gasteiger partial charge in [-0.25, -0.2) is 0 Å². The zero-order valence-electron chi connectivity index (χ0n) is 11.1. The van der Waals surface area contributed by atoms with Crippen LogP contribution in [-0.4, -0.2) is 19.1 Å². The highest BCUT2D eigenvalue weighted by Crippen LogP contribution is 2.14. The highest BCUT2D eigenvalue weighted by molar-refractivity contribution is 5.70. The van der Waals surface area contributed by atoms with Crippen molar-refractivity contribution in [1.82, 2.24) is 4.98 Å². The highest BCUT2D eigenvalue weighted by Gasteiger charge is 1.95. The minimum atomic E-state index is 1.02. The summed E-state index contributed by atoms with van der Waals surface area (Å²) in [5, 5.41) is 0. The van der Waals surface area contributed by atoms with Gasteiger partial charge in [0.1, 0.15) is 0 Å². The van der Waals surface area contributed by atoms with Gasteiger partial charge < -0.3 is 4.90 Å². The smallest absolute Gasteiger partial charge is 0.0658 e. The third-order valence-corrected chi connectivity index (χ3v) is 2.89. The summed E-state index contributed by atoms with van der Waals surface area (Å²) in [4.78, 5) is 6.44. The number of anilines is 1. The zero-order chi connectivity index (χ0) is 13.0. The maximum Gasteiger partial charge on any atom is 0.0658 e. The average Bonchev–Trinajstić information content (AvgIpc) is 2.38. The summed E-state index contributed by atoms with van der Waals surface area (Å²) in [5.74, 6) is 0. The second-order valence-electron chi connectivity index (χ2n) is 4.52. The lowest BCUT2D eigenvalue weighted by Crippen LogP contribution is -2.07. The lowest BCUT2D eigenvalue weighted by atomic mass is 10.1. The maximum atomic E-state index is 4.34. The van der Waals surface area contributed by atoms with Gasteiger partial charge in [0, 0.05) is 26.0 Å². The van der Waals surface area contributed by atoms with Crippen molar-refractivity contribution < 1.29 is 0 Å². The van der Waals surface area contributed by atoms with Crippen molar-refractivity contribution in [3.63, 3.8) is 0 Å². The average molecular weight is 238 g/mol. The summed E-state index contributed by atoms with van der Waals surface area (Å²) in [5.41, 5.74) is 4.61. The standard InChI is InChI=1S/C16H18N2/c1-13-5-4-12-17-16(13)11-8-14-6-9-15(10-7-14)18(2)3/h4-12H,1-3H3. The quantitative estimate of drug-likeness (QED) is 0.811. The first kappa shape index (κ1) is 12.4. The van der Waals surface area contributed by atoms with Gasteiger partial charge in [0.25, 0.3) is 0 Å². The number of pyridine rings is 1. The molecule has 2 rings (SSSR count). The number of hydrogen-bond acceptors (Lipinski definition) is 2. The van der Waals surface area contributed by atoms with Crippen LogP contribution in [-0.2, 0) is 0 Å². The monoisotopic (exact) mass is 238 g/mol. The highest BCUT2D eigenvalue weighted by atomic mass is 15.1. The zero-order valence-corrected chi connectivity index (χ0v) is 11.1. The third-order valence-electron chi connectivity index (χ3n) is 2.89. The largest absolute Gasteiger partial charge is 0.378 e. The van der Waals surface area contributed by atoms with E-state index in [0.717, 1.165) is 5.69 Å². The van der Waals surface area contributed by atoms with E-state index in [9.17, 15) is 0 Å². The van der Waals surface area contributed by atoms with Crippen molar-refractivity contribution in [2.24, 2.45) is 0 Å². The van der Waals surface area contributed by atoms with Crippen LogP contribution in [0.5, 0.6) is 0 Å². The SMILES string of the molecule is Cc1cccnc1C=Cc1ccc(N(C)C)cc1. The van der Waals surface area contributed by atoms with Crippen LogP contribution in [0.3, 0.4) is 0 Å². The Morgan fingerprint density at radius 1 is 1.00 bits per heavy atom. The lowest BCUT2D eigenvalue weighted by Gasteiger charge is -2.11. The van der Waals surface area contributed by atoms with Crippen LogP contribution in [0.25, 0.3) is 12.2 Å². The predicted molar refractivity (Wildman–Crippen MR) is 78.7 cm³/mol. The molecule has 0 bridgehead atoms. The van der Waals surface area contributed by atoms with E-state index >= 15 is 0 Å². The first-order valence-corrected chi connectivity index (χ1v) is 6.04. The van der Waals surface area contributed by atoms with Gasteiger partial charge in [-0.3, -0.25) is 4.98 Å². The molecular formula is C16H18N2. The van der Waals surface area contributed by atoms with Crippen LogP contribution in [0, 0.1) is 6.92 Å². The minimum Gasteiger partial charge on any atom is -0.378 e. The van der Waals surface area contributed by atoms with Crippen molar-refractivity contribution in [2.75, 3.05) is 19.0 Å². The van der Waals surface area contributed by atoms with Crippen LogP contribution < -0.4 is 4.90 Å². The molecule has 0 amide bonds. The summed E-state index contributed by atoms with van der Waals surface area (Å²) >= 11 is 0. The van der Waals surface area contributed by atoms with E-state index in [0.29, 0.717) is 0 Å². The van der Waals surface area contributed by atoms with Crippen molar-refractivity contribution in [2.45, 2.75) is 6.92 Å². The van der Waals surface area contributed by atoms with Gasteiger partial charge in [0.2, 0.25) is 0 Å². The summed E-state index contributed by atoms with van der Waals surface area (Å²) in [7, 11) is 4.09. The van der Waals surface area contributed by atoms with Gasteiger partial charge in [0.05, 0.1) is 5.69 Å². The van der Waals surface area contributed by atoms with E-state index in [4.69, 9.17) is 0 Å². The fourth-order valence-corrected chi connectivity index (χ4v) is 1.73. The molecule has 0 aliphatic carbocycles. The molecule has 2 aromatic rings. The molecule has 2 nitrogen and oxygen atoms in total. The van der Waals surface area contributed by atoms with Gasteiger partial charge in [-0.1, -0.05) is 24.3 Å². The molecular weight excluding hydrogens is 220 g/mol. The molecule has 1 aromatic heterocycles. The van der Waals surface area contributed by atoms with Gasteiger partial charge in [0.15, 0.2) is 0 Å². The Balaban J connectivity index is 2.17. The summed E-state index contributed by atoms with van der Waals surface area (Å²) in [6, 6.07) is 12.5. The second kappa shape index (κ2) is 5.50. The van der Waals surface area contributed by atoms with Crippen LogP contribution in [0.2, 0.25) is 0 Å². The molecule has 0 N–H and O–H groups in total.